The molecule has 0 saturated heterocycles. The molecule has 1 N–H and O–H groups in total. The lowest BCUT2D eigenvalue weighted by molar-refractivity contribution is 0.282. The Hall–Kier alpha value is -3.36. The van der Waals surface area contributed by atoms with Gasteiger partial charge in [0.05, 0.1) is 23.3 Å². The molecule has 1 heterocycles. The van der Waals surface area contributed by atoms with E-state index in [0.717, 1.165) is 16.8 Å². The number of rotatable bonds is 3. The van der Waals surface area contributed by atoms with Crippen molar-refractivity contribution in [2.45, 2.75) is 6.61 Å². The molecule has 2 nitrogen and oxygen atoms in total. The number of para-hydroxylation sites is 2. The fraction of sp³-hybridized carbons (Fsp3) is 0.0400. The molecule has 0 unspecified atom stereocenters. The minimum absolute atomic E-state index is 0.0516. The zero-order valence-corrected chi connectivity index (χ0v) is 14.8. The van der Waals surface area contributed by atoms with Crippen LogP contribution in [-0.4, -0.2) is 9.67 Å². The van der Waals surface area contributed by atoms with Crippen LogP contribution in [0.5, 0.6) is 0 Å². The van der Waals surface area contributed by atoms with Gasteiger partial charge >= 0.3 is 0 Å². The molecule has 0 aliphatic heterocycles. The maximum absolute atomic E-state index is 9.58. The second kappa shape index (κ2) is 6.42. The van der Waals surface area contributed by atoms with Gasteiger partial charge in [-0.05, 0) is 35.4 Å². The first-order chi connectivity index (χ1) is 13.4. The number of fused-ring (bicyclic) bond motifs is 3. The van der Waals surface area contributed by atoms with Gasteiger partial charge in [0, 0.05) is 16.3 Å². The van der Waals surface area contributed by atoms with Crippen LogP contribution >= 0.6 is 0 Å². The average molecular weight is 349 g/mol. The van der Waals surface area contributed by atoms with Gasteiger partial charge in [-0.15, -0.1) is 0 Å². The van der Waals surface area contributed by atoms with Gasteiger partial charge in [0.1, 0.15) is 0 Å². The Kier molecular flexibility index (Phi) is 3.77. The Morgan fingerprint density at radius 1 is 0.630 bits per heavy atom. The SMILES string of the molecule is OCc1ccc2c(c1)c1ccccc1n2-c1ccccc1-c1ccccc1. The van der Waals surface area contributed by atoms with Gasteiger partial charge in [-0.3, -0.25) is 0 Å². The standard InChI is InChI=1S/C25H19NO/c27-17-18-14-15-25-22(16-18)21-11-5-7-13-24(21)26(25)23-12-6-4-10-20(23)19-8-2-1-3-9-19/h1-16,27H,17H2. The fourth-order valence-electron chi connectivity index (χ4n) is 3.91. The zero-order valence-electron chi connectivity index (χ0n) is 14.8. The molecule has 0 atom stereocenters. The van der Waals surface area contributed by atoms with Gasteiger partial charge < -0.3 is 9.67 Å². The molecule has 4 aromatic carbocycles. The number of nitrogens with zero attached hydrogens (tertiary/aromatic N) is 1. The number of hydrogen-bond acceptors (Lipinski definition) is 1. The van der Waals surface area contributed by atoms with Crippen molar-refractivity contribution in [1.29, 1.82) is 0 Å². The molecule has 1 aromatic heterocycles. The average Bonchev–Trinajstić information content (AvgIpc) is 3.08. The van der Waals surface area contributed by atoms with E-state index in [1.165, 1.54) is 27.4 Å². The smallest absolute Gasteiger partial charge is 0.0682 e. The Morgan fingerprint density at radius 3 is 2.19 bits per heavy atom. The quantitative estimate of drug-likeness (QED) is 0.428. The third-order valence-corrected chi connectivity index (χ3v) is 5.15. The fourth-order valence-corrected chi connectivity index (χ4v) is 3.91. The molecular weight excluding hydrogens is 330 g/mol. The van der Waals surface area contributed by atoms with Crippen LogP contribution in [0.1, 0.15) is 5.56 Å². The van der Waals surface area contributed by atoms with Crippen molar-refractivity contribution in [3.8, 4) is 16.8 Å². The third kappa shape index (κ3) is 2.54. The number of aliphatic hydroxyl groups is 1. The first-order valence-corrected chi connectivity index (χ1v) is 9.14. The maximum atomic E-state index is 9.58. The maximum Gasteiger partial charge on any atom is 0.0682 e. The molecule has 27 heavy (non-hydrogen) atoms. The highest BCUT2D eigenvalue weighted by Gasteiger charge is 2.15. The summed E-state index contributed by atoms with van der Waals surface area (Å²) in [6.07, 6.45) is 0. The monoisotopic (exact) mass is 349 g/mol. The van der Waals surface area contributed by atoms with Crippen molar-refractivity contribution in [1.82, 2.24) is 4.57 Å². The van der Waals surface area contributed by atoms with E-state index in [1.807, 2.05) is 12.1 Å². The first kappa shape index (κ1) is 15.9. The molecule has 0 aliphatic rings. The number of aliphatic hydroxyl groups excluding tert-OH is 1. The predicted molar refractivity (Wildman–Crippen MR) is 112 cm³/mol. The molecular formula is C25H19NO. The number of hydrogen-bond donors (Lipinski definition) is 1. The second-order valence-corrected chi connectivity index (χ2v) is 6.75. The summed E-state index contributed by atoms with van der Waals surface area (Å²) >= 11 is 0. The lowest BCUT2D eigenvalue weighted by atomic mass is 10.0. The normalized spacial score (nSPS) is 11.3. The summed E-state index contributed by atoms with van der Waals surface area (Å²) in [4.78, 5) is 0. The highest BCUT2D eigenvalue weighted by Crippen LogP contribution is 2.36. The van der Waals surface area contributed by atoms with Crippen LogP contribution in [0.3, 0.4) is 0 Å². The number of aromatic nitrogens is 1. The van der Waals surface area contributed by atoms with Crippen LogP contribution < -0.4 is 0 Å². The lowest BCUT2D eigenvalue weighted by Gasteiger charge is -2.14. The van der Waals surface area contributed by atoms with Gasteiger partial charge in [-0.1, -0.05) is 72.8 Å². The van der Waals surface area contributed by atoms with Crippen molar-refractivity contribution in [2.75, 3.05) is 0 Å². The van der Waals surface area contributed by atoms with Crippen LogP contribution in [0.2, 0.25) is 0 Å². The molecule has 2 heteroatoms. The van der Waals surface area contributed by atoms with Gasteiger partial charge in [-0.2, -0.15) is 0 Å². The number of benzene rings is 4. The topological polar surface area (TPSA) is 25.2 Å². The van der Waals surface area contributed by atoms with Crippen molar-refractivity contribution in [3.05, 3.63) is 103 Å². The second-order valence-electron chi connectivity index (χ2n) is 6.75. The first-order valence-electron chi connectivity index (χ1n) is 9.14. The van der Waals surface area contributed by atoms with Gasteiger partial charge in [0.25, 0.3) is 0 Å². The molecule has 0 radical (unpaired) electrons. The molecule has 0 amide bonds. The van der Waals surface area contributed by atoms with E-state index >= 15 is 0 Å². The van der Waals surface area contributed by atoms with Gasteiger partial charge in [0.15, 0.2) is 0 Å². The highest BCUT2D eigenvalue weighted by molar-refractivity contribution is 6.10. The van der Waals surface area contributed by atoms with E-state index in [-0.39, 0.29) is 6.61 Å². The molecule has 130 valence electrons. The Balaban J connectivity index is 1.89. The van der Waals surface area contributed by atoms with Crippen molar-refractivity contribution >= 4 is 21.8 Å². The van der Waals surface area contributed by atoms with Crippen molar-refractivity contribution in [2.24, 2.45) is 0 Å². The summed E-state index contributed by atoms with van der Waals surface area (Å²) in [5.74, 6) is 0. The Labute approximate surface area is 157 Å². The summed E-state index contributed by atoms with van der Waals surface area (Å²) in [5.41, 5.74) is 6.81. The predicted octanol–water partition coefficient (Wildman–Crippen LogP) is 5.94. The molecule has 0 bridgehead atoms. The minimum atomic E-state index is 0.0516. The van der Waals surface area contributed by atoms with Crippen LogP contribution in [0.15, 0.2) is 97.1 Å². The molecule has 0 fully saturated rings. The summed E-state index contributed by atoms with van der Waals surface area (Å²) in [5, 5.41) is 11.9. The van der Waals surface area contributed by atoms with Crippen LogP contribution in [-0.2, 0) is 6.61 Å². The van der Waals surface area contributed by atoms with E-state index in [2.05, 4.69) is 89.5 Å². The molecule has 0 saturated carbocycles. The highest BCUT2D eigenvalue weighted by atomic mass is 16.3. The molecule has 0 aliphatic carbocycles. The molecule has 0 spiro atoms. The summed E-state index contributed by atoms with van der Waals surface area (Å²) in [6, 6.07) is 33.7. The van der Waals surface area contributed by atoms with E-state index in [1.54, 1.807) is 0 Å². The van der Waals surface area contributed by atoms with E-state index in [9.17, 15) is 5.11 Å². The largest absolute Gasteiger partial charge is 0.392 e. The summed E-state index contributed by atoms with van der Waals surface area (Å²) in [6.45, 7) is 0.0516. The van der Waals surface area contributed by atoms with E-state index in [4.69, 9.17) is 0 Å². The lowest BCUT2D eigenvalue weighted by Crippen LogP contribution is -1.97. The summed E-state index contributed by atoms with van der Waals surface area (Å²) < 4.78 is 2.33. The Bertz CT molecular complexity index is 1250. The minimum Gasteiger partial charge on any atom is -0.392 e. The van der Waals surface area contributed by atoms with E-state index in [0.29, 0.717) is 0 Å². The zero-order chi connectivity index (χ0) is 18.2. The van der Waals surface area contributed by atoms with E-state index < -0.39 is 0 Å². The van der Waals surface area contributed by atoms with Crippen LogP contribution in [0, 0.1) is 0 Å². The van der Waals surface area contributed by atoms with Crippen LogP contribution in [0.25, 0.3) is 38.6 Å². The summed E-state index contributed by atoms with van der Waals surface area (Å²) in [7, 11) is 0. The third-order valence-electron chi connectivity index (χ3n) is 5.15. The Morgan fingerprint density at radius 2 is 1.33 bits per heavy atom. The molecule has 5 rings (SSSR count). The molecule has 5 aromatic rings. The van der Waals surface area contributed by atoms with Gasteiger partial charge in [-0.25, -0.2) is 0 Å². The van der Waals surface area contributed by atoms with Crippen molar-refractivity contribution < 1.29 is 5.11 Å². The van der Waals surface area contributed by atoms with Crippen LogP contribution in [0.4, 0.5) is 0 Å². The van der Waals surface area contributed by atoms with Gasteiger partial charge in [0.2, 0.25) is 0 Å². The van der Waals surface area contributed by atoms with Crippen molar-refractivity contribution in [3.63, 3.8) is 0 Å².